The van der Waals surface area contributed by atoms with Gasteiger partial charge in [0.2, 0.25) is 0 Å². The Labute approximate surface area is 86.0 Å². The first-order valence-corrected chi connectivity index (χ1v) is 5.51. The largest absolute Gasteiger partial charge is 0.378 e. The molecule has 3 heteroatoms. The summed E-state index contributed by atoms with van der Waals surface area (Å²) in [6.07, 6.45) is 3.96. The second-order valence-electron chi connectivity index (χ2n) is 4.41. The molecule has 0 aromatic rings. The number of rotatable bonds is 5. The number of hydrogen-bond acceptors (Lipinski definition) is 3. The molecular formula is C11H21NO2. The van der Waals surface area contributed by atoms with Crippen LogP contribution in [-0.4, -0.2) is 24.5 Å². The highest BCUT2D eigenvalue weighted by Gasteiger charge is 2.20. The summed E-state index contributed by atoms with van der Waals surface area (Å²) in [5.41, 5.74) is 5.75. The van der Waals surface area contributed by atoms with Gasteiger partial charge in [0.05, 0.1) is 12.1 Å². The van der Waals surface area contributed by atoms with E-state index in [1.165, 1.54) is 0 Å². The molecule has 0 radical (unpaired) electrons. The minimum absolute atomic E-state index is 0.176. The molecule has 3 nitrogen and oxygen atoms in total. The van der Waals surface area contributed by atoms with Crippen LogP contribution in [0.4, 0.5) is 0 Å². The van der Waals surface area contributed by atoms with Crippen LogP contribution in [0.3, 0.4) is 0 Å². The number of ether oxygens (including phenoxy) is 1. The first kappa shape index (κ1) is 11.7. The van der Waals surface area contributed by atoms with Crippen molar-refractivity contribution in [3.05, 3.63) is 0 Å². The molecule has 1 aliphatic heterocycles. The van der Waals surface area contributed by atoms with Gasteiger partial charge in [-0.25, -0.2) is 0 Å². The number of ketones is 1. The first-order valence-electron chi connectivity index (χ1n) is 5.51. The zero-order valence-electron chi connectivity index (χ0n) is 9.16. The Balaban J connectivity index is 2.19. The van der Waals surface area contributed by atoms with Crippen molar-refractivity contribution in [2.75, 3.05) is 6.61 Å². The molecule has 1 rings (SSSR count). The van der Waals surface area contributed by atoms with Gasteiger partial charge in [0.1, 0.15) is 5.78 Å². The normalized spacial score (nSPS) is 24.1. The Morgan fingerprint density at radius 1 is 1.57 bits per heavy atom. The number of carbonyl (C=O) groups excluding carboxylic acids is 1. The third kappa shape index (κ3) is 3.39. The van der Waals surface area contributed by atoms with Crippen LogP contribution >= 0.6 is 0 Å². The van der Waals surface area contributed by atoms with Crippen molar-refractivity contribution in [2.24, 2.45) is 11.7 Å². The molecule has 0 bridgehead atoms. The predicted molar refractivity (Wildman–Crippen MR) is 56.0 cm³/mol. The fraction of sp³-hybridized carbons (Fsp3) is 0.909. The van der Waals surface area contributed by atoms with Crippen molar-refractivity contribution in [3.8, 4) is 0 Å². The molecule has 82 valence electrons. The molecule has 1 saturated heterocycles. The Kier molecular flexibility index (Phi) is 4.55. The molecule has 0 amide bonds. The van der Waals surface area contributed by atoms with E-state index in [-0.39, 0.29) is 17.7 Å². The molecule has 0 spiro atoms. The third-order valence-electron chi connectivity index (χ3n) is 2.83. The van der Waals surface area contributed by atoms with Crippen molar-refractivity contribution in [3.63, 3.8) is 0 Å². The van der Waals surface area contributed by atoms with Gasteiger partial charge in [-0.3, -0.25) is 4.79 Å². The summed E-state index contributed by atoms with van der Waals surface area (Å²) in [6.45, 7) is 4.82. The molecular weight excluding hydrogens is 178 g/mol. The van der Waals surface area contributed by atoms with Crippen molar-refractivity contribution in [2.45, 2.75) is 51.7 Å². The lowest BCUT2D eigenvalue weighted by molar-refractivity contribution is -0.121. The zero-order valence-corrected chi connectivity index (χ0v) is 9.16. The topological polar surface area (TPSA) is 52.3 Å². The van der Waals surface area contributed by atoms with Crippen LogP contribution in [0.5, 0.6) is 0 Å². The van der Waals surface area contributed by atoms with Gasteiger partial charge >= 0.3 is 0 Å². The maximum atomic E-state index is 11.6. The van der Waals surface area contributed by atoms with E-state index in [1.807, 2.05) is 13.8 Å². The summed E-state index contributed by atoms with van der Waals surface area (Å²) in [6, 6.07) is -0.295. The Hall–Kier alpha value is -0.410. The van der Waals surface area contributed by atoms with E-state index in [0.29, 0.717) is 12.5 Å². The standard InChI is InChI=1S/C11H21NO2/c1-8(2)11(12)10(13)6-5-9-4-3-7-14-9/h8-9,11H,3-7,12H2,1-2H3. The van der Waals surface area contributed by atoms with E-state index >= 15 is 0 Å². The molecule has 2 N–H and O–H groups in total. The van der Waals surface area contributed by atoms with Crippen molar-refractivity contribution < 1.29 is 9.53 Å². The third-order valence-corrected chi connectivity index (χ3v) is 2.83. The summed E-state index contributed by atoms with van der Waals surface area (Å²) < 4.78 is 5.45. The lowest BCUT2D eigenvalue weighted by Gasteiger charge is -2.15. The van der Waals surface area contributed by atoms with Crippen LogP contribution in [0.15, 0.2) is 0 Å². The van der Waals surface area contributed by atoms with Gasteiger partial charge in [-0.15, -0.1) is 0 Å². The Bertz CT molecular complexity index is 186. The van der Waals surface area contributed by atoms with E-state index in [2.05, 4.69) is 0 Å². The highest BCUT2D eigenvalue weighted by atomic mass is 16.5. The summed E-state index contributed by atoms with van der Waals surface area (Å²) in [5, 5.41) is 0. The predicted octanol–water partition coefficient (Wildman–Crippen LogP) is 1.50. The van der Waals surface area contributed by atoms with E-state index in [1.54, 1.807) is 0 Å². The van der Waals surface area contributed by atoms with Crippen LogP contribution in [0.2, 0.25) is 0 Å². The second-order valence-corrected chi connectivity index (χ2v) is 4.41. The number of Topliss-reactive ketones (excluding diaryl/α,β-unsaturated/α-hetero) is 1. The lowest BCUT2D eigenvalue weighted by Crippen LogP contribution is -2.35. The van der Waals surface area contributed by atoms with Crippen molar-refractivity contribution >= 4 is 5.78 Å². The highest BCUT2D eigenvalue weighted by molar-refractivity contribution is 5.83. The number of carbonyl (C=O) groups is 1. The van der Waals surface area contributed by atoms with Gasteiger partial charge in [-0.1, -0.05) is 13.8 Å². The smallest absolute Gasteiger partial charge is 0.149 e. The van der Waals surface area contributed by atoms with Crippen LogP contribution < -0.4 is 5.73 Å². The van der Waals surface area contributed by atoms with Gasteiger partial charge in [-0.05, 0) is 25.2 Å². The zero-order chi connectivity index (χ0) is 10.6. The Morgan fingerprint density at radius 3 is 2.79 bits per heavy atom. The average molecular weight is 199 g/mol. The minimum atomic E-state index is -0.295. The van der Waals surface area contributed by atoms with Gasteiger partial charge < -0.3 is 10.5 Å². The van der Waals surface area contributed by atoms with Gasteiger partial charge in [0, 0.05) is 13.0 Å². The lowest BCUT2D eigenvalue weighted by atomic mass is 9.96. The van der Waals surface area contributed by atoms with Gasteiger partial charge in [0.15, 0.2) is 0 Å². The molecule has 1 heterocycles. The second kappa shape index (κ2) is 5.47. The number of nitrogens with two attached hydrogens (primary N) is 1. The molecule has 2 atom stereocenters. The fourth-order valence-electron chi connectivity index (χ4n) is 1.71. The molecule has 0 aromatic heterocycles. The fourth-order valence-corrected chi connectivity index (χ4v) is 1.71. The molecule has 0 aromatic carbocycles. The van der Waals surface area contributed by atoms with Crippen LogP contribution in [0.25, 0.3) is 0 Å². The molecule has 0 saturated carbocycles. The average Bonchev–Trinajstić information content (AvgIpc) is 2.65. The molecule has 1 aliphatic rings. The van der Waals surface area contributed by atoms with Crippen LogP contribution in [0, 0.1) is 5.92 Å². The molecule has 0 aliphatic carbocycles. The first-order chi connectivity index (χ1) is 6.61. The maximum Gasteiger partial charge on any atom is 0.149 e. The summed E-state index contributed by atoms with van der Waals surface area (Å²) in [4.78, 5) is 11.6. The van der Waals surface area contributed by atoms with Crippen molar-refractivity contribution in [1.82, 2.24) is 0 Å². The SMILES string of the molecule is CC(C)C(N)C(=O)CCC1CCCO1. The van der Waals surface area contributed by atoms with Crippen LogP contribution in [0.1, 0.15) is 39.5 Å². The quantitative estimate of drug-likeness (QED) is 0.730. The Morgan fingerprint density at radius 2 is 2.29 bits per heavy atom. The maximum absolute atomic E-state index is 11.6. The van der Waals surface area contributed by atoms with Gasteiger partial charge in [0.25, 0.3) is 0 Å². The van der Waals surface area contributed by atoms with Crippen molar-refractivity contribution in [1.29, 1.82) is 0 Å². The van der Waals surface area contributed by atoms with E-state index in [4.69, 9.17) is 10.5 Å². The van der Waals surface area contributed by atoms with E-state index < -0.39 is 0 Å². The molecule has 2 unspecified atom stereocenters. The molecule has 1 fully saturated rings. The van der Waals surface area contributed by atoms with E-state index in [9.17, 15) is 4.79 Å². The monoisotopic (exact) mass is 199 g/mol. The summed E-state index contributed by atoms with van der Waals surface area (Å²) in [5.74, 6) is 0.419. The highest BCUT2D eigenvalue weighted by Crippen LogP contribution is 2.17. The number of hydrogen-bond donors (Lipinski definition) is 1. The minimum Gasteiger partial charge on any atom is -0.378 e. The molecule has 14 heavy (non-hydrogen) atoms. The van der Waals surface area contributed by atoms with Crippen LogP contribution in [-0.2, 0) is 9.53 Å². The summed E-state index contributed by atoms with van der Waals surface area (Å²) in [7, 11) is 0. The summed E-state index contributed by atoms with van der Waals surface area (Å²) >= 11 is 0. The van der Waals surface area contributed by atoms with Gasteiger partial charge in [-0.2, -0.15) is 0 Å². The van der Waals surface area contributed by atoms with E-state index in [0.717, 1.165) is 25.9 Å².